The van der Waals surface area contributed by atoms with Gasteiger partial charge in [-0.1, -0.05) is 5.16 Å². The number of carbonyl (C=O) groups excluding carboxylic acids is 1. The summed E-state index contributed by atoms with van der Waals surface area (Å²) in [4.78, 5) is 21.9. The summed E-state index contributed by atoms with van der Waals surface area (Å²) in [5, 5.41) is 14.9. The molecule has 7 nitrogen and oxygen atoms in total. The largest absolute Gasteiger partial charge is 0.481 e. The van der Waals surface area contributed by atoms with Gasteiger partial charge in [0.05, 0.1) is 11.7 Å². The van der Waals surface area contributed by atoms with Crippen molar-refractivity contribution in [3.8, 4) is 0 Å². The molecule has 0 aliphatic carbocycles. The molecule has 0 aliphatic heterocycles. The van der Waals surface area contributed by atoms with Crippen LogP contribution in [0, 0.1) is 13.8 Å². The lowest BCUT2D eigenvalue weighted by molar-refractivity contribution is -0.137. The van der Waals surface area contributed by atoms with Gasteiger partial charge in [-0.15, -0.1) is 0 Å². The summed E-state index contributed by atoms with van der Waals surface area (Å²) >= 11 is 0. The minimum Gasteiger partial charge on any atom is -0.481 e. The Morgan fingerprint density at radius 2 is 2.17 bits per heavy atom. The molecule has 18 heavy (non-hydrogen) atoms. The number of nitrogens with zero attached hydrogens (tertiary/aromatic N) is 1. The van der Waals surface area contributed by atoms with Gasteiger partial charge < -0.3 is 20.7 Å². The van der Waals surface area contributed by atoms with Gasteiger partial charge in [0, 0.05) is 18.5 Å². The lowest BCUT2D eigenvalue weighted by Crippen LogP contribution is -2.40. The Kier molecular flexibility index (Phi) is 4.85. The van der Waals surface area contributed by atoms with E-state index in [0.717, 1.165) is 5.56 Å². The summed E-state index contributed by atoms with van der Waals surface area (Å²) in [6, 6.07) is -0.818. The van der Waals surface area contributed by atoms with Crippen LogP contribution in [0.2, 0.25) is 0 Å². The van der Waals surface area contributed by atoms with E-state index in [-0.39, 0.29) is 25.3 Å². The molecule has 1 atom stereocenters. The number of carbonyl (C=O) groups is 2. The van der Waals surface area contributed by atoms with E-state index in [9.17, 15) is 9.59 Å². The molecule has 0 spiro atoms. The molecule has 0 saturated carbocycles. The number of hydrogen-bond acceptors (Lipinski definition) is 5. The number of nitrogens with two attached hydrogens (primary N) is 1. The first kappa shape index (κ1) is 14.2. The minimum atomic E-state index is -0.969. The number of rotatable bonds is 6. The van der Waals surface area contributed by atoms with Crippen LogP contribution in [0.1, 0.15) is 29.9 Å². The highest BCUT2D eigenvalue weighted by atomic mass is 16.5. The molecule has 0 aliphatic rings. The fourth-order valence-electron chi connectivity index (χ4n) is 1.47. The number of carboxylic acids is 1. The molecule has 0 fully saturated rings. The molecule has 100 valence electrons. The topological polar surface area (TPSA) is 118 Å². The summed E-state index contributed by atoms with van der Waals surface area (Å²) in [5.41, 5.74) is 7.10. The van der Waals surface area contributed by atoms with Crippen molar-refractivity contribution in [1.29, 1.82) is 0 Å². The van der Waals surface area contributed by atoms with Crippen molar-refractivity contribution in [2.45, 2.75) is 39.3 Å². The molecule has 1 unspecified atom stereocenters. The highest BCUT2D eigenvalue weighted by molar-refractivity contribution is 5.82. The van der Waals surface area contributed by atoms with E-state index in [0.29, 0.717) is 11.5 Å². The first-order valence-corrected chi connectivity index (χ1v) is 5.58. The van der Waals surface area contributed by atoms with Crippen LogP contribution in [0.25, 0.3) is 0 Å². The summed E-state index contributed by atoms with van der Waals surface area (Å²) in [7, 11) is 0. The maximum atomic E-state index is 11.6. The van der Waals surface area contributed by atoms with E-state index in [1.165, 1.54) is 0 Å². The first-order chi connectivity index (χ1) is 8.41. The van der Waals surface area contributed by atoms with Gasteiger partial charge in [-0.05, 0) is 20.3 Å². The van der Waals surface area contributed by atoms with E-state index in [4.69, 9.17) is 15.4 Å². The molecule has 0 aromatic carbocycles. The Bertz CT molecular complexity index is 422. The van der Waals surface area contributed by atoms with Gasteiger partial charge in [0.2, 0.25) is 5.91 Å². The second kappa shape index (κ2) is 6.15. The maximum absolute atomic E-state index is 11.6. The second-order valence-electron chi connectivity index (χ2n) is 4.06. The van der Waals surface area contributed by atoms with Crippen LogP contribution in [0.3, 0.4) is 0 Å². The van der Waals surface area contributed by atoms with Gasteiger partial charge in [-0.3, -0.25) is 9.59 Å². The van der Waals surface area contributed by atoms with Crippen LogP contribution in [-0.4, -0.2) is 28.2 Å². The molecule has 1 aromatic heterocycles. The number of amides is 1. The van der Waals surface area contributed by atoms with Crippen LogP contribution in [0.5, 0.6) is 0 Å². The molecule has 1 rings (SSSR count). The van der Waals surface area contributed by atoms with Gasteiger partial charge in [-0.25, -0.2) is 0 Å². The lowest BCUT2D eigenvalue weighted by Gasteiger charge is -2.10. The predicted octanol–water partition coefficient (Wildman–Crippen LogP) is 0.0997. The van der Waals surface area contributed by atoms with Crippen molar-refractivity contribution in [1.82, 2.24) is 10.5 Å². The zero-order chi connectivity index (χ0) is 13.7. The monoisotopic (exact) mass is 255 g/mol. The van der Waals surface area contributed by atoms with Crippen LogP contribution < -0.4 is 11.1 Å². The zero-order valence-corrected chi connectivity index (χ0v) is 10.4. The Morgan fingerprint density at radius 1 is 1.50 bits per heavy atom. The van der Waals surface area contributed by atoms with Gasteiger partial charge in [-0.2, -0.15) is 0 Å². The second-order valence-corrected chi connectivity index (χ2v) is 4.06. The maximum Gasteiger partial charge on any atom is 0.303 e. The molecular weight excluding hydrogens is 238 g/mol. The number of nitrogens with one attached hydrogen (secondary N) is 1. The number of aryl methyl sites for hydroxylation is 2. The van der Waals surface area contributed by atoms with Crippen molar-refractivity contribution < 1.29 is 19.2 Å². The Morgan fingerprint density at radius 3 is 2.67 bits per heavy atom. The van der Waals surface area contributed by atoms with Crippen molar-refractivity contribution in [3.63, 3.8) is 0 Å². The summed E-state index contributed by atoms with van der Waals surface area (Å²) in [5.74, 6) is -0.702. The minimum absolute atomic E-state index is 0.114. The van der Waals surface area contributed by atoms with Crippen molar-refractivity contribution >= 4 is 11.9 Å². The third-order valence-electron chi connectivity index (χ3n) is 2.63. The SMILES string of the molecule is Cc1noc(C)c1CNC(=O)C(N)CCC(=O)O. The average Bonchev–Trinajstić information content (AvgIpc) is 2.63. The number of carboxylic acid groups (broad SMARTS) is 1. The molecular formula is C11H17N3O4. The molecule has 1 aromatic rings. The van der Waals surface area contributed by atoms with Crippen LogP contribution >= 0.6 is 0 Å². The van der Waals surface area contributed by atoms with Gasteiger partial charge in [0.1, 0.15) is 5.76 Å². The van der Waals surface area contributed by atoms with E-state index in [2.05, 4.69) is 10.5 Å². The summed E-state index contributed by atoms with van der Waals surface area (Å²) in [6.07, 6.45) is -0.0112. The molecule has 4 N–H and O–H groups in total. The normalized spacial score (nSPS) is 12.2. The van der Waals surface area contributed by atoms with E-state index < -0.39 is 12.0 Å². The smallest absolute Gasteiger partial charge is 0.303 e. The molecule has 0 radical (unpaired) electrons. The lowest BCUT2D eigenvalue weighted by atomic mass is 10.1. The molecule has 7 heteroatoms. The van der Waals surface area contributed by atoms with Gasteiger partial charge in [0.15, 0.2) is 0 Å². The summed E-state index contributed by atoms with van der Waals surface area (Å²) in [6.45, 7) is 3.81. The molecule has 0 bridgehead atoms. The van der Waals surface area contributed by atoms with Crippen molar-refractivity contribution in [2.75, 3.05) is 0 Å². The zero-order valence-electron chi connectivity index (χ0n) is 10.4. The van der Waals surface area contributed by atoms with E-state index in [1.807, 2.05) is 0 Å². The molecule has 1 amide bonds. The number of aromatic nitrogens is 1. The third-order valence-corrected chi connectivity index (χ3v) is 2.63. The fraction of sp³-hybridized carbons (Fsp3) is 0.545. The van der Waals surface area contributed by atoms with Crippen LogP contribution in [0.4, 0.5) is 0 Å². The predicted molar refractivity (Wildman–Crippen MR) is 62.7 cm³/mol. The highest BCUT2D eigenvalue weighted by Crippen LogP contribution is 2.11. The average molecular weight is 255 g/mol. The number of aliphatic carboxylic acids is 1. The fourth-order valence-corrected chi connectivity index (χ4v) is 1.47. The Hall–Kier alpha value is -1.89. The highest BCUT2D eigenvalue weighted by Gasteiger charge is 2.16. The van der Waals surface area contributed by atoms with Gasteiger partial charge in [0.25, 0.3) is 0 Å². The quantitative estimate of drug-likeness (QED) is 0.663. The molecule has 1 heterocycles. The third kappa shape index (κ3) is 3.85. The van der Waals surface area contributed by atoms with Crippen molar-refractivity contribution in [3.05, 3.63) is 17.0 Å². The van der Waals surface area contributed by atoms with Crippen LogP contribution in [0.15, 0.2) is 4.52 Å². The Labute approximate surface area is 104 Å². The first-order valence-electron chi connectivity index (χ1n) is 5.58. The van der Waals surface area contributed by atoms with E-state index >= 15 is 0 Å². The standard InChI is InChI=1S/C11H17N3O4/c1-6-8(7(2)18-14-6)5-13-11(17)9(12)3-4-10(15)16/h9H,3-5,12H2,1-2H3,(H,13,17)(H,15,16). The molecule has 0 saturated heterocycles. The van der Waals surface area contributed by atoms with Crippen LogP contribution in [-0.2, 0) is 16.1 Å². The van der Waals surface area contributed by atoms with Gasteiger partial charge >= 0.3 is 5.97 Å². The van der Waals surface area contributed by atoms with E-state index in [1.54, 1.807) is 13.8 Å². The number of hydrogen-bond donors (Lipinski definition) is 3. The summed E-state index contributed by atoms with van der Waals surface area (Å²) < 4.78 is 4.96. The Balaban J connectivity index is 2.43. The van der Waals surface area contributed by atoms with Crippen molar-refractivity contribution in [2.24, 2.45) is 5.73 Å².